The molecule has 2 aliphatic carbocycles. The molecular formula is C37H45FN4O6S. The molecule has 2 aromatic carbocycles. The van der Waals surface area contributed by atoms with Crippen molar-refractivity contribution in [1.82, 2.24) is 14.9 Å². The highest BCUT2D eigenvalue weighted by atomic mass is 32.2. The highest BCUT2D eigenvalue weighted by Crippen LogP contribution is 2.64. The second-order valence-corrected chi connectivity index (χ2v) is 16.3. The highest BCUT2D eigenvalue weighted by Gasteiger charge is 2.64. The van der Waals surface area contributed by atoms with Gasteiger partial charge >= 0.3 is 0 Å². The van der Waals surface area contributed by atoms with Crippen LogP contribution in [0.3, 0.4) is 0 Å². The molecule has 3 aromatic rings. The van der Waals surface area contributed by atoms with Gasteiger partial charge in [-0.05, 0) is 78.8 Å². The Bertz CT molecular complexity index is 1790. The van der Waals surface area contributed by atoms with Crippen molar-refractivity contribution in [3.05, 3.63) is 72.3 Å². The van der Waals surface area contributed by atoms with Crippen molar-refractivity contribution < 1.29 is 36.2 Å². The molecule has 4 aliphatic rings. The number of halogens is 1. The van der Waals surface area contributed by atoms with Crippen LogP contribution >= 0.6 is 0 Å². The standard InChI is InChI=1S/C27H30FN4O2.C10H16O4S/c1-32(18-2-3-19-32)22-13-16-31(17-14-22)27(33)25-12-15-29-26(30-25)20-4-8-23(9-5-20)34-24-10-6-21(28)7-11-24;1-9(2)7-3-4-10(9,8(11)5-7)6-15(12,13)14/h4-12,15,22H,2-3,13-14,16-19H2,1H3;7H,3-6H2,1-2H3,(H,12,13,14)/q+1;/p-1. The van der Waals surface area contributed by atoms with Gasteiger partial charge in [0.25, 0.3) is 5.91 Å². The Kier molecular flexibility index (Phi) is 9.69. The van der Waals surface area contributed by atoms with Crippen LogP contribution in [0.4, 0.5) is 4.39 Å². The van der Waals surface area contributed by atoms with Gasteiger partial charge in [0.15, 0.2) is 5.82 Å². The molecule has 2 atom stereocenters. The largest absolute Gasteiger partial charge is 0.748 e. The Balaban J connectivity index is 0.000000232. The Hall–Kier alpha value is -3.74. The minimum Gasteiger partial charge on any atom is -0.748 e. The number of nitrogens with zero attached hydrogens (tertiary/aromatic N) is 4. The van der Waals surface area contributed by atoms with E-state index in [1.807, 2.05) is 43.0 Å². The van der Waals surface area contributed by atoms with Crippen molar-refractivity contribution in [2.75, 3.05) is 39.0 Å². The summed E-state index contributed by atoms with van der Waals surface area (Å²) in [6.07, 6.45) is 8.26. The molecular weight excluding hydrogens is 647 g/mol. The van der Waals surface area contributed by atoms with Crippen molar-refractivity contribution in [3.63, 3.8) is 0 Å². The quantitative estimate of drug-likeness (QED) is 0.223. The van der Waals surface area contributed by atoms with E-state index in [1.165, 1.54) is 42.5 Å². The van der Waals surface area contributed by atoms with Gasteiger partial charge in [0, 0.05) is 62.4 Å². The van der Waals surface area contributed by atoms with Crippen LogP contribution in [-0.4, -0.2) is 89.0 Å². The summed E-state index contributed by atoms with van der Waals surface area (Å²) in [6, 6.07) is 15.6. The SMILES string of the molecule is CC1(C)C2CCC1(CS(=O)(=O)[O-])C(=O)C2.C[N+]1(C2CCN(C(=O)c3ccnc(-c4ccc(Oc5ccc(F)cc5)cc4)n3)CC2)CCCC1. The first kappa shape index (κ1) is 35.1. The molecule has 2 bridgehead atoms. The van der Waals surface area contributed by atoms with Gasteiger partial charge in [-0.2, -0.15) is 0 Å². The number of amides is 1. The smallest absolute Gasteiger partial charge is 0.272 e. The van der Waals surface area contributed by atoms with Gasteiger partial charge in [0.2, 0.25) is 0 Å². The summed E-state index contributed by atoms with van der Waals surface area (Å²) in [5.74, 6) is 1.08. The normalized spacial score (nSPS) is 24.4. The maximum atomic E-state index is 13.2. The van der Waals surface area contributed by atoms with Gasteiger partial charge in [0.1, 0.15) is 28.8 Å². The maximum absolute atomic E-state index is 13.2. The van der Waals surface area contributed by atoms with Crippen LogP contribution < -0.4 is 4.74 Å². The van der Waals surface area contributed by atoms with Crippen molar-refractivity contribution in [2.45, 2.75) is 64.8 Å². The summed E-state index contributed by atoms with van der Waals surface area (Å²) >= 11 is 0. The van der Waals surface area contributed by atoms with E-state index in [0.29, 0.717) is 41.9 Å². The first-order chi connectivity index (χ1) is 23.2. The molecule has 0 radical (unpaired) electrons. The lowest BCUT2D eigenvalue weighted by atomic mass is 9.70. The number of fused-ring (bicyclic) bond motifs is 2. The van der Waals surface area contributed by atoms with Crippen LogP contribution in [0.5, 0.6) is 11.5 Å². The number of piperidine rings is 1. The van der Waals surface area contributed by atoms with Gasteiger partial charge in [-0.15, -0.1) is 0 Å². The molecule has 12 heteroatoms. The van der Waals surface area contributed by atoms with E-state index in [2.05, 4.69) is 17.0 Å². The van der Waals surface area contributed by atoms with Gasteiger partial charge in [-0.3, -0.25) is 9.59 Å². The number of carbonyl (C=O) groups is 2. The Morgan fingerprint density at radius 1 is 1.00 bits per heavy atom. The monoisotopic (exact) mass is 692 g/mol. The molecule has 262 valence electrons. The van der Waals surface area contributed by atoms with Crippen molar-refractivity contribution in [3.8, 4) is 22.9 Å². The number of quaternary nitrogens is 1. The number of benzene rings is 2. The first-order valence-electron chi connectivity index (χ1n) is 17.2. The summed E-state index contributed by atoms with van der Waals surface area (Å²) in [7, 11) is -1.95. The molecule has 3 heterocycles. The van der Waals surface area contributed by atoms with Crippen LogP contribution in [0.2, 0.25) is 0 Å². The third-order valence-electron chi connectivity index (χ3n) is 11.8. The first-order valence-corrected chi connectivity index (χ1v) is 18.7. The number of hydrogen-bond acceptors (Lipinski definition) is 8. The number of carbonyl (C=O) groups excluding carboxylic acids is 2. The summed E-state index contributed by atoms with van der Waals surface area (Å²) in [5.41, 5.74) is 0.00253. The predicted molar refractivity (Wildman–Crippen MR) is 181 cm³/mol. The number of ketones is 1. The Morgan fingerprint density at radius 3 is 2.16 bits per heavy atom. The van der Waals surface area contributed by atoms with Gasteiger partial charge < -0.3 is 18.7 Å². The fourth-order valence-corrected chi connectivity index (χ4v) is 9.90. The second kappa shape index (κ2) is 13.5. The lowest BCUT2D eigenvalue weighted by Gasteiger charge is -2.42. The summed E-state index contributed by atoms with van der Waals surface area (Å²) in [4.78, 5) is 35.9. The molecule has 2 saturated carbocycles. The summed E-state index contributed by atoms with van der Waals surface area (Å²) in [6.45, 7) is 7.93. The number of hydrogen-bond donors (Lipinski definition) is 0. The number of likely N-dealkylation sites (tertiary alicyclic amines) is 2. The van der Waals surface area contributed by atoms with Gasteiger partial charge in [-0.25, -0.2) is 22.8 Å². The zero-order chi connectivity index (χ0) is 35.0. The maximum Gasteiger partial charge on any atom is 0.272 e. The molecule has 4 fully saturated rings. The Morgan fingerprint density at radius 2 is 1.61 bits per heavy atom. The van der Waals surface area contributed by atoms with E-state index in [4.69, 9.17) is 4.74 Å². The van der Waals surface area contributed by atoms with E-state index in [0.717, 1.165) is 37.9 Å². The van der Waals surface area contributed by atoms with Crippen molar-refractivity contribution in [1.29, 1.82) is 0 Å². The van der Waals surface area contributed by atoms with Crippen molar-refractivity contribution >= 4 is 21.8 Å². The highest BCUT2D eigenvalue weighted by molar-refractivity contribution is 7.85. The molecule has 2 saturated heterocycles. The molecule has 2 aliphatic heterocycles. The van der Waals surface area contributed by atoms with Crippen LogP contribution in [0.25, 0.3) is 11.4 Å². The zero-order valence-corrected chi connectivity index (χ0v) is 29.3. The van der Waals surface area contributed by atoms with E-state index < -0.39 is 21.3 Å². The fraction of sp³-hybridized carbons (Fsp3) is 0.514. The van der Waals surface area contributed by atoms with Gasteiger partial charge in [-0.1, -0.05) is 13.8 Å². The lowest BCUT2D eigenvalue weighted by molar-refractivity contribution is -0.923. The Labute approximate surface area is 288 Å². The van der Waals surface area contributed by atoms with Crippen LogP contribution in [0.1, 0.15) is 69.3 Å². The molecule has 1 amide bonds. The average Bonchev–Trinajstić information content (AvgIpc) is 3.68. The topological polar surface area (TPSA) is 130 Å². The van der Waals surface area contributed by atoms with Crippen LogP contribution in [0.15, 0.2) is 60.8 Å². The summed E-state index contributed by atoms with van der Waals surface area (Å²) < 4.78 is 52.7. The van der Waals surface area contributed by atoms with Crippen LogP contribution in [-0.2, 0) is 14.9 Å². The van der Waals surface area contributed by atoms with E-state index >= 15 is 0 Å². The van der Waals surface area contributed by atoms with Crippen molar-refractivity contribution in [2.24, 2.45) is 16.7 Å². The second-order valence-electron chi connectivity index (χ2n) is 14.9. The lowest BCUT2D eigenvalue weighted by Crippen LogP contribution is -2.55. The zero-order valence-electron chi connectivity index (χ0n) is 28.4. The van der Waals surface area contributed by atoms with E-state index in [9.17, 15) is 27.0 Å². The molecule has 7 rings (SSSR count). The van der Waals surface area contributed by atoms with E-state index in [-0.39, 0.29) is 28.8 Å². The molecule has 10 nitrogen and oxygen atoms in total. The molecule has 2 unspecified atom stereocenters. The molecule has 0 spiro atoms. The molecule has 0 N–H and O–H groups in total. The third kappa shape index (κ3) is 7.27. The van der Waals surface area contributed by atoms with E-state index in [1.54, 1.807) is 24.4 Å². The third-order valence-corrected chi connectivity index (χ3v) is 12.7. The molecule has 49 heavy (non-hydrogen) atoms. The predicted octanol–water partition coefficient (Wildman–Crippen LogP) is 5.85. The number of ether oxygens (including phenoxy) is 1. The number of rotatable bonds is 7. The van der Waals surface area contributed by atoms with Crippen LogP contribution in [0, 0.1) is 22.6 Å². The fourth-order valence-electron chi connectivity index (χ4n) is 8.61. The number of aromatic nitrogens is 2. The number of Topliss-reactive ketones (excluding diaryl/α,β-unsaturated/α-hetero) is 1. The minimum absolute atomic E-state index is 0.0248. The average molecular weight is 693 g/mol. The minimum atomic E-state index is -4.33. The summed E-state index contributed by atoms with van der Waals surface area (Å²) in [5, 5.41) is 0. The molecule has 1 aromatic heterocycles. The van der Waals surface area contributed by atoms with Gasteiger partial charge in [0.05, 0.1) is 42.1 Å².